The van der Waals surface area contributed by atoms with Crippen molar-refractivity contribution in [3.63, 3.8) is 0 Å². The van der Waals surface area contributed by atoms with Crippen molar-refractivity contribution in [1.29, 1.82) is 0 Å². The number of rotatable bonds is 7. The minimum absolute atomic E-state index is 0.0250. The van der Waals surface area contributed by atoms with Gasteiger partial charge < -0.3 is 18.9 Å². The molecule has 7 nitrogen and oxygen atoms in total. The smallest absolute Gasteiger partial charge is 0.344 e. The van der Waals surface area contributed by atoms with Gasteiger partial charge >= 0.3 is 17.9 Å². The number of hydrogen-bond donors (Lipinski definition) is 0. The van der Waals surface area contributed by atoms with Gasteiger partial charge in [0.25, 0.3) is 0 Å². The Morgan fingerprint density at radius 2 is 1.86 bits per heavy atom. The molecule has 3 bridgehead atoms. The molecule has 0 N–H and O–H groups in total. The first-order valence-corrected chi connectivity index (χ1v) is 10.8. The number of thiocarbonyl (C=S) groups is 1. The Kier molecular flexibility index (Phi) is 4.91. The molecule has 29 heavy (non-hydrogen) atoms. The van der Waals surface area contributed by atoms with E-state index in [-0.39, 0.29) is 11.5 Å². The predicted octanol–water partition coefficient (Wildman–Crippen LogP) is 2.73. The number of hydrogen-bond acceptors (Lipinski definition) is 8. The lowest BCUT2D eigenvalue weighted by Gasteiger charge is -2.37. The molecule has 0 amide bonds. The van der Waals surface area contributed by atoms with Crippen molar-refractivity contribution in [2.45, 2.75) is 71.0 Å². The van der Waals surface area contributed by atoms with Crippen LogP contribution in [0.5, 0.6) is 0 Å². The fraction of sp³-hybridized carbons (Fsp3) is 0.810. The average molecular weight is 425 g/mol. The van der Waals surface area contributed by atoms with Crippen LogP contribution in [0.2, 0.25) is 0 Å². The van der Waals surface area contributed by atoms with Gasteiger partial charge in [0.15, 0.2) is 18.3 Å². The van der Waals surface area contributed by atoms with Crippen molar-refractivity contribution in [1.82, 2.24) is 0 Å². The van der Waals surface area contributed by atoms with Crippen molar-refractivity contribution < 1.29 is 33.3 Å². The third kappa shape index (κ3) is 3.43. The fourth-order valence-electron chi connectivity index (χ4n) is 5.79. The Labute approximate surface area is 175 Å². The molecule has 4 rings (SSSR count). The Hall–Kier alpha value is -1.70. The summed E-state index contributed by atoms with van der Waals surface area (Å²) in [6.45, 7) is 4.35. The monoisotopic (exact) mass is 424 g/mol. The molecule has 1 saturated heterocycles. The van der Waals surface area contributed by atoms with E-state index in [9.17, 15) is 14.4 Å². The summed E-state index contributed by atoms with van der Waals surface area (Å²) in [6, 6.07) is 0. The molecule has 4 fully saturated rings. The highest BCUT2D eigenvalue weighted by atomic mass is 32.1. The average Bonchev–Trinajstić information content (AvgIpc) is 3.16. The maximum atomic E-state index is 12.4. The number of esters is 3. The van der Waals surface area contributed by atoms with Crippen LogP contribution in [-0.2, 0) is 33.3 Å². The first kappa shape index (κ1) is 20.6. The molecule has 8 heteroatoms. The molecule has 1 spiro atoms. The molecule has 160 valence electrons. The summed E-state index contributed by atoms with van der Waals surface area (Å²) in [5.41, 5.74) is -1.18. The third-order valence-electron chi connectivity index (χ3n) is 7.42. The summed E-state index contributed by atoms with van der Waals surface area (Å²) < 4.78 is 21.7. The third-order valence-corrected chi connectivity index (χ3v) is 7.80. The summed E-state index contributed by atoms with van der Waals surface area (Å²) in [4.78, 5) is 36.1. The highest BCUT2D eigenvalue weighted by Crippen LogP contribution is 2.70. The van der Waals surface area contributed by atoms with Crippen LogP contribution < -0.4 is 0 Å². The van der Waals surface area contributed by atoms with Gasteiger partial charge in [0.2, 0.25) is 0 Å². The molecule has 0 aromatic heterocycles. The quantitative estimate of drug-likeness (QED) is 0.350. The molecule has 0 radical (unpaired) electrons. The van der Waals surface area contributed by atoms with Crippen LogP contribution in [0.1, 0.15) is 59.3 Å². The molecule has 5 atom stereocenters. The van der Waals surface area contributed by atoms with Gasteiger partial charge in [-0.25, -0.2) is 9.59 Å². The summed E-state index contributed by atoms with van der Waals surface area (Å²) in [7, 11) is 0. The number of carbonyl (C=O) groups is 3. The van der Waals surface area contributed by atoms with E-state index in [1.54, 1.807) is 13.8 Å². The number of carbonyl (C=O) groups excluding carboxylic acids is 3. The highest BCUT2D eigenvalue weighted by Gasteiger charge is 2.72. The van der Waals surface area contributed by atoms with Crippen LogP contribution in [0, 0.1) is 22.7 Å². The molecular formula is C21H28O7S. The lowest BCUT2D eigenvalue weighted by Crippen LogP contribution is -2.40. The summed E-state index contributed by atoms with van der Waals surface area (Å²) in [6.07, 6.45) is 4.98. The van der Waals surface area contributed by atoms with Crippen LogP contribution in [0.15, 0.2) is 0 Å². The lowest BCUT2D eigenvalue weighted by atomic mass is 9.72. The summed E-state index contributed by atoms with van der Waals surface area (Å²) >= 11 is 5.42. The molecule has 1 aliphatic heterocycles. The van der Waals surface area contributed by atoms with Gasteiger partial charge in [-0.3, -0.25) is 4.79 Å². The van der Waals surface area contributed by atoms with E-state index in [0.717, 1.165) is 30.7 Å². The Morgan fingerprint density at radius 3 is 2.59 bits per heavy atom. The first-order valence-electron chi connectivity index (χ1n) is 10.3. The molecule has 1 heterocycles. The minimum atomic E-state index is -0.765. The highest BCUT2D eigenvalue weighted by molar-refractivity contribution is 7.80. The molecule has 3 saturated carbocycles. The lowest BCUT2D eigenvalue weighted by molar-refractivity contribution is -0.176. The SMILES string of the molecule is CCC(C)(C)C(=O)OCC(=O)OCC(=O)O[C@]12CC3CC4C(=S)OC(C1)C4(C3)C2. The van der Waals surface area contributed by atoms with Gasteiger partial charge in [0.05, 0.1) is 5.41 Å². The van der Waals surface area contributed by atoms with Crippen LogP contribution in [0.3, 0.4) is 0 Å². The Morgan fingerprint density at radius 1 is 1.14 bits per heavy atom. The normalized spacial score (nSPS) is 36.5. The van der Waals surface area contributed by atoms with Gasteiger partial charge in [-0.05, 0) is 64.1 Å². The van der Waals surface area contributed by atoms with Gasteiger partial charge in [-0.2, -0.15) is 0 Å². The maximum absolute atomic E-state index is 12.4. The van der Waals surface area contributed by atoms with Gasteiger partial charge in [-0.1, -0.05) is 6.92 Å². The zero-order chi connectivity index (χ0) is 21.0. The second-order valence-corrected chi connectivity index (χ2v) is 10.1. The van der Waals surface area contributed by atoms with Crippen LogP contribution in [-0.4, -0.2) is 47.9 Å². The predicted molar refractivity (Wildman–Crippen MR) is 105 cm³/mol. The largest absolute Gasteiger partial charge is 0.483 e. The van der Waals surface area contributed by atoms with Crippen molar-refractivity contribution in [3.05, 3.63) is 0 Å². The first-order chi connectivity index (χ1) is 13.6. The van der Waals surface area contributed by atoms with Crippen LogP contribution >= 0.6 is 12.2 Å². The second kappa shape index (κ2) is 6.93. The van der Waals surface area contributed by atoms with Crippen molar-refractivity contribution >= 4 is 35.2 Å². The van der Waals surface area contributed by atoms with E-state index >= 15 is 0 Å². The fourth-order valence-corrected chi connectivity index (χ4v) is 6.24. The molecule has 0 aromatic carbocycles. The summed E-state index contributed by atoms with van der Waals surface area (Å²) in [5.74, 6) is -1.01. The van der Waals surface area contributed by atoms with Crippen LogP contribution in [0.4, 0.5) is 0 Å². The van der Waals surface area contributed by atoms with Crippen molar-refractivity contribution in [3.8, 4) is 0 Å². The van der Waals surface area contributed by atoms with E-state index in [4.69, 9.17) is 31.2 Å². The second-order valence-electron chi connectivity index (χ2n) is 9.73. The molecule has 4 aliphatic rings. The Bertz CT molecular complexity index is 762. The van der Waals surface area contributed by atoms with Gasteiger partial charge in [-0.15, -0.1) is 0 Å². The summed E-state index contributed by atoms with van der Waals surface area (Å²) in [5, 5.41) is 0.731. The van der Waals surface area contributed by atoms with Gasteiger partial charge in [0, 0.05) is 17.8 Å². The van der Waals surface area contributed by atoms with Gasteiger partial charge in [0.1, 0.15) is 11.7 Å². The van der Waals surface area contributed by atoms with Crippen LogP contribution in [0.25, 0.3) is 0 Å². The zero-order valence-electron chi connectivity index (χ0n) is 17.2. The minimum Gasteiger partial charge on any atom is -0.483 e. The van der Waals surface area contributed by atoms with E-state index in [2.05, 4.69) is 0 Å². The van der Waals surface area contributed by atoms with E-state index in [0.29, 0.717) is 24.7 Å². The number of ether oxygens (including phenoxy) is 4. The molecule has 0 aromatic rings. The molecule has 4 unspecified atom stereocenters. The molecule has 3 aliphatic carbocycles. The maximum Gasteiger partial charge on any atom is 0.344 e. The molecular weight excluding hydrogens is 396 g/mol. The standard InChI is InChI=1S/C21H28O7S/c1-4-19(2,3)18(24)26-9-15(22)25-10-16(23)28-20-6-12-5-13-17(29)27-14(8-20)21(13,7-12)11-20/h12-14H,4-11H2,1-3H3/t12?,13?,14?,20-,21?/m1/s1. The number of fused-ring (bicyclic) bond motifs is 2. The van der Waals surface area contributed by atoms with Crippen molar-refractivity contribution in [2.75, 3.05) is 13.2 Å². The topological polar surface area (TPSA) is 88.1 Å². The Balaban J connectivity index is 1.27. The van der Waals surface area contributed by atoms with Crippen molar-refractivity contribution in [2.24, 2.45) is 22.7 Å². The van der Waals surface area contributed by atoms with E-state index in [1.807, 2.05) is 6.92 Å². The van der Waals surface area contributed by atoms with E-state index in [1.165, 1.54) is 0 Å². The van der Waals surface area contributed by atoms with E-state index < -0.39 is 42.1 Å². The zero-order valence-corrected chi connectivity index (χ0v) is 18.0.